The maximum atomic E-state index is 12.4. The highest BCUT2D eigenvalue weighted by Crippen LogP contribution is 2.22. The lowest BCUT2D eigenvalue weighted by atomic mass is 10.2. The Morgan fingerprint density at radius 1 is 1.27 bits per heavy atom. The summed E-state index contributed by atoms with van der Waals surface area (Å²) >= 11 is 0. The number of alkyl halides is 2. The lowest BCUT2D eigenvalue weighted by molar-refractivity contribution is 0.116. The Morgan fingerprint density at radius 2 is 2.14 bits per heavy atom. The maximum Gasteiger partial charge on any atom is 0.314 e. The Morgan fingerprint density at radius 3 is 2.73 bits per heavy atom. The van der Waals surface area contributed by atoms with Gasteiger partial charge < -0.3 is 9.15 Å². The van der Waals surface area contributed by atoms with Crippen molar-refractivity contribution in [2.45, 2.75) is 13.0 Å². The summed E-state index contributed by atoms with van der Waals surface area (Å²) in [5, 5.41) is 10.8. The van der Waals surface area contributed by atoms with E-state index in [1.165, 1.54) is 6.20 Å². The molecule has 0 aromatic carbocycles. The number of nitrogens with zero attached hydrogens (tertiary/aromatic N) is 5. The zero-order valence-electron chi connectivity index (χ0n) is 11.5. The minimum absolute atomic E-state index is 0.00176. The van der Waals surface area contributed by atoms with Crippen molar-refractivity contribution >= 4 is 0 Å². The van der Waals surface area contributed by atoms with Gasteiger partial charge in [-0.25, -0.2) is 4.68 Å². The van der Waals surface area contributed by atoms with Crippen LogP contribution in [0.4, 0.5) is 8.78 Å². The Bertz CT molecular complexity index is 754. The van der Waals surface area contributed by atoms with Crippen molar-refractivity contribution in [3.05, 3.63) is 42.2 Å². The van der Waals surface area contributed by atoms with E-state index in [0.717, 1.165) is 0 Å². The molecular weight excluding hydrogens is 296 g/mol. The molecule has 0 fully saturated rings. The van der Waals surface area contributed by atoms with Gasteiger partial charge in [0.05, 0.1) is 17.5 Å². The van der Waals surface area contributed by atoms with Crippen molar-refractivity contribution in [1.29, 1.82) is 0 Å². The van der Waals surface area contributed by atoms with Gasteiger partial charge in [-0.1, -0.05) is 0 Å². The Kier molecular flexibility index (Phi) is 3.77. The van der Waals surface area contributed by atoms with Crippen LogP contribution in [-0.2, 0) is 13.7 Å². The van der Waals surface area contributed by atoms with Crippen LogP contribution in [0.25, 0.3) is 11.5 Å². The summed E-state index contributed by atoms with van der Waals surface area (Å²) < 4.78 is 36.8. The Balaban J connectivity index is 1.68. The molecule has 3 rings (SSSR count). The van der Waals surface area contributed by atoms with Crippen LogP contribution >= 0.6 is 0 Å². The number of hydrogen-bond acceptors (Lipinski definition) is 6. The molecule has 3 aromatic heterocycles. The van der Waals surface area contributed by atoms with Crippen molar-refractivity contribution < 1.29 is 17.9 Å². The molecule has 7 nitrogen and oxygen atoms in total. The van der Waals surface area contributed by atoms with Gasteiger partial charge in [0.25, 0.3) is 5.89 Å². The molecule has 3 aromatic rings. The lowest BCUT2D eigenvalue weighted by Gasteiger charge is -2.05. The second-order valence-corrected chi connectivity index (χ2v) is 4.37. The van der Waals surface area contributed by atoms with Crippen molar-refractivity contribution in [1.82, 2.24) is 25.0 Å². The molecule has 9 heteroatoms. The molecule has 114 valence electrons. The molecule has 0 aliphatic heterocycles. The Hall–Kier alpha value is -2.84. The Labute approximate surface area is 123 Å². The SMILES string of the molecule is Cn1nccc1OCc1ccc(-c2nnc(C(F)F)o2)cn1. The number of rotatable bonds is 5. The molecule has 0 aliphatic rings. The first-order chi connectivity index (χ1) is 10.6. The molecule has 3 heterocycles. The molecule has 0 bridgehead atoms. The van der Waals surface area contributed by atoms with Gasteiger partial charge in [-0.2, -0.15) is 13.9 Å². The van der Waals surface area contributed by atoms with E-state index >= 15 is 0 Å². The molecular formula is C13H11F2N5O2. The first-order valence-electron chi connectivity index (χ1n) is 6.31. The maximum absolute atomic E-state index is 12.4. The van der Waals surface area contributed by atoms with Crippen LogP contribution in [0, 0.1) is 0 Å². The third-order valence-electron chi connectivity index (χ3n) is 2.84. The summed E-state index contributed by atoms with van der Waals surface area (Å²) in [6, 6.07) is 5.08. The van der Waals surface area contributed by atoms with Gasteiger partial charge in [0.1, 0.15) is 6.61 Å². The molecule has 0 radical (unpaired) electrons. The van der Waals surface area contributed by atoms with E-state index in [1.807, 2.05) is 0 Å². The largest absolute Gasteiger partial charge is 0.471 e. The average molecular weight is 307 g/mol. The van der Waals surface area contributed by atoms with Gasteiger partial charge >= 0.3 is 6.43 Å². The van der Waals surface area contributed by atoms with E-state index < -0.39 is 12.3 Å². The zero-order valence-corrected chi connectivity index (χ0v) is 11.5. The van der Waals surface area contributed by atoms with E-state index in [0.29, 0.717) is 17.1 Å². The smallest absolute Gasteiger partial charge is 0.314 e. The fourth-order valence-electron chi connectivity index (χ4n) is 1.73. The van der Waals surface area contributed by atoms with Gasteiger partial charge in [-0.05, 0) is 12.1 Å². The molecule has 0 unspecified atom stereocenters. The lowest BCUT2D eigenvalue weighted by Crippen LogP contribution is -2.02. The molecule has 0 saturated carbocycles. The second-order valence-electron chi connectivity index (χ2n) is 4.37. The summed E-state index contributed by atoms with van der Waals surface area (Å²) in [5.41, 5.74) is 1.13. The minimum Gasteiger partial charge on any atom is -0.471 e. The fraction of sp³-hybridized carbons (Fsp3) is 0.231. The van der Waals surface area contributed by atoms with E-state index in [-0.39, 0.29) is 12.5 Å². The number of pyridine rings is 1. The molecule has 0 spiro atoms. The molecule has 0 saturated heterocycles. The first-order valence-corrected chi connectivity index (χ1v) is 6.31. The third-order valence-corrected chi connectivity index (χ3v) is 2.84. The number of ether oxygens (including phenoxy) is 1. The molecule has 0 aliphatic carbocycles. The van der Waals surface area contributed by atoms with Crippen LogP contribution < -0.4 is 4.74 Å². The molecule has 0 N–H and O–H groups in total. The number of hydrogen-bond donors (Lipinski definition) is 0. The average Bonchev–Trinajstić information content (AvgIpc) is 3.15. The summed E-state index contributed by atoms with van der Waals surface area (Å²) in [6.45, 7) is 0.256. The predicted molar refractivity (Wildman–Crippen MR) is 70.0 cm³/mol. The monoisotopic (exact) mass is 307 g/mol. The molecule has 22 heavy (non-hydrogen) atoms. The van der Waals surface area contributed by atoms with Crippen molar-refractivity contribution in [2.24, 2.45) is 7.05 Å². The van der Waals surface area contributed by atoms with Crippen molar-refractivity contribution in [2.75, 3.05) is 0 Å². The number of aromatic nitrogens is 5. The predicted octanol–water partition coefficient (Wildman–Crippen LogP) is 2.38. The van der Waals surface area contributed by atoms with Gasteiger partial charge in [-0.3, -0.25) is 4.98 Å². The number of halogens is 2. The fourth-order valence-corrected chi connectivity index (χ4v) is 1.73. The van der Waals surface area contributed by atoms with Crippen LogP contribution in [-0.4, -0.2) is 25.0 Å². The van der Waals surface area contributed by atoms with Gasteiger partial charge in [0.15, 0.2) is 0 Å². The zero-order chi connectivity index (χ0) is 15.5. The van der Waals surface area contributed by atoms with E-state index in [2.05, 4.69) is 20.3 Å². The minimum atomic E-state index is -2.79. The second kappa shape index (κ2) is 5.88. The van der Waals surface area contributed by atoms with Crippen LogP contribution in [0.2, 0.25) is 0 Å². The normalized spacial score (nSPS) is 11.1. The van der Waals surface area contributed by atoms with Crippen LogP contribution in [0.5, 0.6) is 5.88 Å². The van der Waals surface area contributed by atoms with Gasteiger partial charge in [0.2, 0.25) is 11.8 Å². The van der Waals surface area contributed by atoms with Crippen LogP contribution in [0.3, 0.4) is 0 Å². The van der Waals surface area contributed by atoms with Gasteiger partial charge in [-0.15, -0.1) is 10.2 Å². The van der Waals surface area contributed by atoms with Crippen LogP contribution in [0.15, 0.2) is 35.0 Å². The number of aryl methyl sites for hydroxylation is 1. The molecule has 0 atom stereocenters. The van der Waals surface area contributed by atoms with Crippen molar-refractivity contribution in [3.63, 3.8) is 0 Å². The summed E-state index contributed by atoms with van der Waals surface area (Å²) in [4.78, 5) is 4.17. The first kappa shape index (κ1) is 14.1. The van der Waals surface area contributed by atoms with E-state index in [9.17, 15) is 8.78 Å². The third kappa shape index (κ3) is 2.92. The topological polar surface area (TPSA) is 78.9 Å². The summed E-state index contributed by atoms with van der Waals surface area (Å²) in [7, 11) is 1.77. The molecule has 0 amide bonds. The quantitative estimate of drug-likeness (QED) is 0.720. The van der Waals surface area contributed by atoms with E-state index in [4.69, 9.17) is 9.15 Å². The van der Waals surface area contributed by atoms with Crippen LogP contribution in [0.1, 0.15) is 18.0 Å². The van der Waals surface area contributed by atoms with Gasteiger partial charge in [0, 0.05) is 19.3 Å². The summed E-state index contributed by atoms with van der Waals surface area (Å²) in [5.74, 6) is -0.0927. The standard InChI is InChI=1S/C13H11F2N5O2/c1-20-10(4-5-17-20)21-7-9-3-2-8(6-16-9)12-18-19-13(22-12)11(14)15/h2-6,11H,7H2,1H3. The summed E-state index contributed by atoms with van der Waals surface area (Å²) in [6.07, 6.45) is 0.299. The van der Waals surface area contributed by atoms with Crippen molar-refractivity contribution in [3.8, 4) is 17.3 Å². The highest BCUT2D eigenvalue weighted by atomic mass is 19.3. The van der Waals surface area contributed by atoms with E-state index in [1.54, 1.807) is 36.1 Å². The highest BCUT2D eigenvalue weighted by Gasteiger charge is 2.17. The highest BCUT2D eigenvalue weighted by molar-refractivity contribution is 5.50.